The van der Waals surface area contributed by atoms with Gasteiger partial charge in [-0.1, -0.05) is 23.7 Å². The molecule has 0 bridgehead atoms. The number of carbonyl (C=O) groups is 2. The number of para-hydroxylation sites is 1. The molecule has 1 heterocycles. The number of fused-ring (bicyclic) bond motifs is 1. The number of nitrogens with zero attached hydrogens (tertiary/aromatic N) is 1. The van der Waals surface area contributed by atoms with Crippen LogP contribution in [0, 0.1) is 0 Å². The number of hydrogen-bond donors (Lipinski definition) is 1. The second kappa shape index (κ2) is 7.37. The van der Waals surface area contributed by atoms with E-state index >= 15 is 0 Å². The smallest absolute Gasteiger partial charge is 0.261 e. The molecule has 3 rings (SSSR count). The van der Waals surface area contributed by atoms with Crippen LogP contribution in [-0.2, 0) is 0 Å². The van der Waals surface area contributed by atoms with Crippen LogP contribution in [0.5, 0.6) is 0 Å². The molecule has 1 N–H and O–H groups in total. The monoisotopic (exact) mass is 382 g/mol. The molecular weight excluding hydrogens is 364 g/mol. The Balaban J connectivity index is 2.14. The van der Waals surface area contributed by atoms with Gasteiger partial charge < -0.3 is 9.88 Å². The third-order valence-corrected chi connectivity index (χ3v) is 4.58. The average Bonchev–Trinajstić information content (AvgIpc) is 2.62. The normalized spacial score (nSPS) is 11.0. The van der Waals surface area contributed by atoms with Gasteiger partial charge in [0.15, 0.2) is 5.78 Å². The molecule has 0 radical (unpaired) electrons. The first-order chi connectivity index (χ1) is 12.8. The maximum Gasteiger partial charge on any atom is 0.261 e. The van der Waals surface area contributed by atoms with Crippen LogP contribution in [0.2, 0.25) is 5.02 Å². The predicted octanol–water partition coefficient (Wildman–Crippen LogP) is 4.69. The summed E-state index contributed by atoms with van der Waals surface area (Å²) in [5.74, 6) is -0.735. The third-order valence-electron chi connectivity index (χ3n) is 4.35. The number of rotatable bonds is 4. The number of ketones is 1. The number of benzene rings is 2. The SMILES string of the molecule is CC(=O)c1ccccc1NC(=O)c1cn(C(C)C)c2ccc(Cl)cc2c1=O. The first-order valence-electron chi connectivity index (χ1n) is 8.55. The number of hydrogen-bond acceptors (Lipinski definition) is 3. The van der Waals surface area contributed by atoms with E-state index in [0.717, 1.165) is 0 Å². The highest BCUT2D eigenvalue weighted by molar-refractivity contribution is 6.31. The first kappa shape index (κ1) is 18.9. The van der Waals surface area contributed by atoms with Crippen molar-refractivity contribution in [3.05, 3.63) is 75.0 Å². The summed E-state index contributed by atoms with van der Waals surface area (Å²) in [4.78, 5) is 37.5. The number of anilines is 1. The number of aromatic nitrogens is 1. The zero-order valence-corrected chi connectivity index (χ0v) is 16.0. The van der Waals surface area contributed by atoms with Crippen LogP contribution in [0.1, 0.15) is 47.5 Å². The molecule has 0 spiro atoms. The summed E-state index contributed by atoms with van der Waals surface area (Å²) in [6.07, 6.45) is 1.55. The Bertz CT molecular complexity index is 1120. The number of nitrogens with one attached hydrogen (secondary N) is 1. The average molecular weight is 383 g/mol. The number of Topliss-reactive ketones (excluding diaryl/α,β-unsaturated/α-hetero) is 1. The summed E-state index contributed by atoms with van der Waals surface area (Å²) in [6.45, 7) is 5.35. The Hall–Kier alpha value is -2.92. The summed E-state index contributed by atoms with van der Waals surface area (Å²) in [5, 5.41) is 3.49. The highest BCUT2D eigenvalue weighted by Crippen LogP contribution is 2.22. The van der Waals surface area contributed by atoms with Crippen molar-refractivity contribution in [1.29, 1.82) is 0 Å². The van der Waals surface area contributed by atoms with E-state index in [-0.39, 0.29) is 17.4 Å². The maximum absolute atomic E-state index is 12.9. The highest BCUT2D eigenvalue weighted by atomic mass is 35.5. The summed E-state index contributed by atoms with van der Waals surface area (Å²) in [7, 11) is 0. The minimum Gasteiger partial charge on any atom is -0.344 e. The van der Waals surface area contributed by atoms with Gasteiger partial charge in [-0.3, -0.25) is 14.4 Å². The summed E-state index contributed by atoms with van der Waals surface area (Å²) in [6, 6.07) is 11.8. The molecule has 0 atom stereocenters. The lowest BCUT2D eigenvalue weighted by Gasteiger charge is -2.17. The van der Waals surface area contributed by atoms with Gasteiger partial charge >= 0.3 is 0 Å². The van der Waals surface area contributed by atoms with Crippen LogP contribution in [0.3, 0.4) is 0 Å². The van der Waals surface area contributed by atoms with Gasteiger partial charge in [0, 0.05) is 28.2 Å². The topological polar surface area (TPSA) is 68.2 Å². The molecule has 0 saturated carbocycles. The second-order valence-corrected chi connectivity index (χ2v) is 7.03. The van der Waals surface area contributed by atoms with E-state index < -0.39 is 11.3 Å². The van der Waals surface area contributed by atoms with Gasteiger partial charge in [-0.2, -0.15) is 0 Å². The van der Waals surface area contributed by atoms with Crippen molar-refractivity contribution in [2.75, 3.05) is 5.32 Å². The number of halogens is 1. The Kier molecular flexibility index (Phi) is 5.15. The van der Waals surface area contributed by atoms with Crippen LogP contribution >= 0.6 is 11.6 Å². The molecule has 0 aliphatic heterocycles. The van der Waals surface area contributed by atoms with E-state index in [4.69, 9.17) is 11.6 Å². The van der Waals surface area contributed by atoms with Gasteiger partial charge in [0.25, 0.3) is 5.91 Å². The molecule has 3 aromatic rings. The fourth-order valence-corrected chi connectivity index (χ4v) is 3.18. The van der Waals surface area contributed by atoms with E-state index in [0.29, 0.717) is 27.2 Å². The van der Waals surface area contributed by atoms with Crippen molar-refractivity contribution in [3.63, 3.8) is 0 Å². The lowest BCUT2D eigenvalue weighted by molar-refractivity contribution is 0.101. The van der Waals surface area contributed by atoms with Crippen molar-refractivity contribution >= 4 is 39.9 Å². The quantitative estimate of drug-likeness (QED) is 0.665. The van der Waals surface area contributed by atoms with Gasteiger partial charge in [-0.05, 0) is 51.1 Å². The van der Waals surface area contributed by atoms with Crippen LogP contribution in [-0.4, -0.2) is 16.3 Å². The summed E-state index contributed by atoms with van der Waals surface area (Å²) in [5.41, 5.74) is 1.06. The molecule has 5 nitrogen and oxygen atoms in total. The van der Waals surface area contributed by atoms with Crippen LogP contribution in [0.25, 0.3) is 10.9 Å². The largest absolute Gasteiger partial charge is 0.344 e. The molecule has 0 aliphatic rings. The Labute approximate surface area is 161 Å². The van der Waals surface area contributed by atoms with Gasteiger partial charge in [-0.15, -0.1) is 0 Å². The van der Waals surface area contributed by atoms with Crippen molar-refractivity contribution < 1.29 is 9.59 Å². The Morgan fingerprint density at radius 2 is 1.78 bits per heavy atom. The van der Waals surface area contributed by atoms with E-state index in [1.807, 2.05) is 18.4 Å². The van der Waals surface area contributed by atoms with Crippen molar-refractivity contribution in [2.45, 2.75) is 26.8 Å². The molecule has 6 heteroatoms. The number of carbonyl (C=O) groups excluding carboxylic acids is 2. The van der Waals surface area contributed by atoms with Gasteiger partial charge in [0.05, 0.1) is 11.2 Å². The zero-order chi connectivity index (χ0) is 19.7. The van der Waals surface area contributed by atoms with Gasteiger partial charge in [0.1, 0.15) is 5.56 Å². The molecule has 1 aromatic heterocycles. The van der Waals surface area contributed by atoms with E-state index in [9.17, 15) is 14.4 Å². The molecule has 1 amide bonds. The maximum atomic E-state index is 12.9. The lowest BCUT2D eigenvalue weighted by atomic mass is 10.1. The number of pyridine rings is 1. The van der Waals surface area contributed by atoms with Gasteiger partial charge in [-0.25, -0.2) is 0 Å². The van der Waals surface area contributed by atoms with Gasteiger partial charge in [0.2, 0.25) is 5.43 Å². The molecule has 27 heavy (non-hydrogen) atoms. The third kappa shape index (κ3) is 3.64. The molecule has 0 unspecified atom stereocenters. The Morgan fingerprint density at radius 1 is 1.07 bits per heavy atom. The Morgan fingerprint density at radius 3 is 2.44 bits per heavy atom. The summed E-state index contributed by atoms with van der Waals surface area (Å²) >= 11 is 6.05. The van der Waals surface area contributed by atoms with Crippen LogP contribution < -0.4 is 10.7 Å². The minimum absolute atomic E-state index is 0.00294. The van der Waals surface area contributed by atoms with Crippen molar-refractivity contribution in [3.8, 4) is 0 Å². The predicted molar refractivity (Wildman–Crippen MR) is 108 cm³/mol. The fourth-order valence-electron chi connectivity index (χ4n) is 3.01. The van der Waals surface area contributed by atoms with E-state index in [2.05, 4.69) is 5.32 Å². The van der Waals surface area contributed by atoms with Crippen LogP contribution in [0.15, 0.2) is 53.5 Å². The van der Waals surface area contributed by atoms with E-state index in [1.165, 1.54) is 6.92 Å². The highest BCUT2D eigenvalue weighted by Gasteiger charge is 2.18. The van der Waals surface area contributed by atoms with Crippen molar-refractivity contribution in [2.24, 2.45) is 0 Å². The fraction of sp³-hybridized carbons (Fsp3) is 0.190. The number of amides is 1. The first-order valence-corrected chi connectivity index (χ1v) is 8.93. The zero-order valence-electron chi connectivity index (χ0n) is 15.2. The minimum atomic E-state index is -0.565. The second-order valence-electron chi connectivity index (χ2n) is 6.59. The molecule has 138 valence electrons. The molecule has 0 aliphatic carbocycles. The molecule has 0 saturated heterocycles. The molecule has 2 aromatic carbocycles. The molecule has 0 fully saturated rings. The standard InChI is InChI=1S/C21H19ClN2O3/c1-12(2)24-11-17(20(26)16-10-14(22)8-9-19(16)24)21(27)23-18-7-5-4-6-15(18)13(3)25/h4-12H,1-3H3,(H,23,27). The lowest BCUT2D eigenvalue weighted by Crippen LogP contribution is -2.25. The van der Waals surface area contributed by atoms with Crippen LogP contribution in [0.4, 0.5) is 5.69 Å². The summed E-state index contributed by atoms with van der Waals surface area (Å²) < 4.78 is 1.86. The van der Waals surface area contributed by atoms with Crippen molar-refractivity contribution in [1.82, 2.24) is 4.57 Å². The van der Waals surface area contributed by atoms with E-state index in [1.54, 1.807) is 48.7 Å². The molecular formula is C21H19ClN2O3.